The zero-order chi connectivity index (χ0) is 14.5. The van der Waals surface area contributed by atoms with Gasteiger partial charge in [0.2, 0.25) is 0 Å². The second-order valence-electron chi connectivity index (χ2n) is 5.13. The van der Waals surface area contributed by atoms with Gasteiger partial charge in [0, 0.05) is 31.8 Å². The van der Waals surface area contributed by atoms with E-state index in [4.69, 9.17) is 16.7 Å². The summed E-state index contributed by atoms with van der Waals surface area (Å²) in [7, 11) is 0. The van der Waals surface area contributed by atoms with Crippen LogP contribution in [0.2, 0.25) is 5.02 Å². The molecule has 1 aromatic rings. The molecular formula is C14H19ClN2O3. The Morgan fingerprint density at radius 1 is 1.45 bits per heavy atom. The normalized spacial score (nSPS) is 15.3. The van der Waals surface area contributed by atoms with E-state index in [-0.39, 0.29) is 17.2 Å². The van der Waals surface area contributed by atoms with Crippen molar-refractivity contribution in [2.24, 2.45) is 0 Å². The second kappa shape index (κ2) is 7.02. The third-order valence-electron chi connectivity index (χ3n) is 3.85. The minimum Gasteiger partial charge on any atom is -0.396 e. The molecule has 1 fully saturated rings. The smallest absolute Gasteiger partial charge is 0.275 e. The molecule has 2 rings (SSSR count). The first-order chi connectivity index (χ1) is 9.63. The maximum Gasteiger partial charge on any atom is 0.275 e. The average Bonchev–Trinajstić information content (AvgIpc) is 2.35. The monoisotopic (exact) mass is 298 g/mol. The number of halogens is 1. The summed E-state index contributed by atoms with van der Waals surface area (Å²) in [6, 6.07) is 5.24. The first-order valence-corrected chi connectivity index (χ1v) is 7.28. The van der Waals surface area contributed by atoms with Crippen LogP contribution >= 0.6 is 11.6 Å². The molecule has 0 spiro atoms. The Hall–Kier alpha value is -1.17. The molecule has 0 atom stereocenters. The Morgan fingerprint density at radius 2 is 2.20 bits per heavy atom. The predicted octanol–water partition coefficient (Wildman–Crippen LogP) is 2.99. The number of benzene rings is 1. The third-order valence-corrected chi connectivity index (χ3v) is 4.20. The van der Waals surface area contributed by atoms with Gasteiger partial charge < -0.3 is 5.11 Å². The Bertz CT molecular complexity index is 477. The van der Waals surface area contributed by atoms with Crippen LogP contribution in [0, 0.1) is 10.1 Å². The maximum atomic E-state index is 11.1. The molecule has 1 saturated carbocycles. The SMILES string of the molecule is O=[N+]([O-])c1cccc(Cl)c1CN(CCCO)C1CCC1. The summed E-state index contributed by atoms with van der Waals surface area (Å²) < 4.78 is 0. The lowest BCUT2D eigenvalue weighted by Crippen LogP contribution is -2.40. The topological polar surface area (TPSA) is 66.6 Å². The van der Waals surface area contributed by atoms with Crippen molar-refractivity contribution < 1.29 is 10.0 Å². The van der Waals surface area contributed by atoms with Crippen molar-refractivity contribution in [2.45, 2.75) is 38.3 Å². The first-order valence-electron chi connectivity index (χ1n) is 6.90. The summed E-state index contributed by atoms with van der Waals surface area (Å²) in [4.78, 5) is 12.9. The van der Waals surface area contributed by atoms with Crippen molar-refractivity contribution in [1.82, 2.24) is 4.90 Å². The van der Waals surface area contributed by atoms with Crippen LogP contribution in [0.25, 0.3) is 0 Å². The number of hydrogen-bond donors (Lipinski definition) is 1. The summed E-state index contributed by atoms with van der Waals surface area (Å²) in [5.41, 5.74) is 0.648. The highest BCUT2D eigenvalue weighted by Crippen LogP contribution is 2.31. The number of nitro benzene ring substituents is 1. The van der Waals surface area contributed by atoms with E-state index in [0.717, 1.165) is 19.4 Å². The number of nitro groups is 1. The van der Waals surface area contributed by atoms with Crippen molar-refractivity contribution in [3.8, 4) is 0 Å². The number of rotatable bonds is 7. The van der Waals surface area contributed by atoms with Gasteiger partial charge in [-0.3, -0.25) is 15.0 Å². The molecule has 0 aliphatic heterocycles. The van der Waals surface area contributed by atoms with Gasteiger partial charge in [-0.1, -0.05) is 24.1 Å². The summed E-state index contributed by atoms with van der Waals surface area (Å²) in [5, 5.41) is 20.5. The molecule has 0 saturated heterocycles. The van der Waals surface area contributed by atoms with Crippen molar-refractivity contribution in [3.05, 3.63) is 38.9 Å². The lowest BCUT2D eigenvalue weighted by molar-refractivity contribution is -0.385. The number of aliphatic hydroxyl groups excluding tert-OH is 1. The van der Waals surface area contributed by atoms with E-state index >= 15 is 0 Å². The van der Waals surface area contributed by atoms with E-state index in [2.05, 4.69) is 4.90 Å². The van der Waals surface area contributed by atoms with E-state index in [1.54, 1.807) is 12.1 Å². The van der Waals surface area contributed by atoms with Gasteiger partial charge in [0.15, 0.2) is 0 Å². The molecule has 0 heterocycles. The van der Waals surface area contributed by atoms with Crippen molar-refractivity contribution in [2.75, 3.05) is 13.2 Å². The molecule has 20 heavy (non-hydrogen) atoms. The second-order valence-corrected chi connectivity index (χ2v) is 5.53. The van der Waals surface area contributed by atoms with E-state index in [1.165, 1.54) is 12.5 Å². The Labute approximate surface area is 123 Å². The Morgan fingerprint density at radius 3 is 2.75 bits per heavy atom. The number of hydrogen-bond acceptors (Lipinski definition) is 4. The lowest BCUT2D eigenvalue weighted by atomic mass is 9.91. The Balaban J connectivity index is 2.18. The fourth-order valence-corrected chi connectivity index (χ4v) is 2.72. The predicted molar refractivity (Wildman–Crippen MR) is 77.9 cm³/mol. The summed E-state index contributed by atoms with van der Waals surface area (Å²) in [5.74, 6) is 0. The molecule has 1 aliphatic rings. The van der Waals surface area contributed by atoms with Crippen LogP contribution < -0.4 is 0 Å². The number of nitrogens with zero attached hydrogens (tertiary/aromatic N) is 2. The van der Waals surface area contributed by atoms with Crippen molar-refractivity contribution in [3.63, 3.8) is 0 Å². The van der Waals surface area contributed by atoms with Crippen LogP contribution in [0.15, 0.2) is 18.2 Å². The zero-order valence-electron chi connectivity index (χ0n) is 11.3. The molecule has 6 heteroatoms. The molecule has 1 aliphatic carbocycles. The largest absolute Gasteiger partial charge is 0.396 e. The summed E-state index contributed by atoms with van der Waals surface area (Å²) >= 11 is 6.14. The van der Waals surface area contributed by atoms with Gasteiger partial charge in [-0.2, -0.15) is 0 Å². The van der Waals surface area contributed by atoms with Crippen LogP contribution in [-0.4, -0.2) is 34.1 Å². The first kappa shape index (κ1) is 15.2. The average molecular weight is 299 g/mol. The quantitative estimate of drug-likeness (QED) is 0.621. The van der Waals surface area contributed by atoms with Crippen LogP contribution in [0.3, 0.4) is 0 Å². The fourth-order valence-electron chi connectivity index (χ4n) is 2.49. The summed E-state index contributed by atoms with van der Waals surface area (Å²) in [6.45, 7) is 1.35. The zero-order valence-corrected chi connectivity index (χ0v) is 12.1. The van der Waals surface area contributed by atoms with Crippen molar-refractivity contribution >= 4 is 17.3 Å². The van der Waals surface area contributed by atoms with Crippen LogP contribution in [0.5, 0.6) is 0 Å². The van der Waals surface area contributed by atoms with Gasteiger partial charge in [-0.05, 0) is 25.3 Å². The standard InChI is InChI=1S/C14H19ClN2O3/c15-13-6-2-7-14(17(19)20)12(13)10-16(8-3-9-18)11-4-1-5-11/h2,6-7,11,18H,1,3-5,8-10H2. The van der Waals surface area contributed by atoms with Gasteiger partial charge in [-0.15, -0.1) is 0 Å². The molecule has 5 nitrogen and oxygen atoms in total. The number of aliphatic hydroxyl groups is 1. The highest BCUT2D eigenvalue weighted by Gasteiger charge is 2.27. The molecule has 0 unspecified atom stereocenters. The third kappa shape index (κ3) is 3.48. The van der Waals surface area contributed by atoms with Gasteiger partial charge >= 0.3 is 0 Å². The minimum absolute atomic E-state index is 0.0748. The van der Waals surface area contributed by atoms with E-state index in [0.29, 0.717) is 29.6 Å². The molecule has 110 valence electrons. The fraction of sp³-hybridized carbons (Fsp3) is 0.571. The van der Waals surface area contributed by atoms with E-state index < -0.39 is 0 Å². The molecule has 1 N–H and O–H groups in total. The van der Waals surface area contributed by atoms with E-state index in [1.807, 2.05) is 0 Å². The molecule has 0 aromatic heterocycles. The van der Waals surface area contributed by atoms with Gasteiger partial charge in [0.1, 0.15) is 0 Å². The highest BCUT2D eigenvalue weighted by molar-refractivity contribution is 6.31. The van der Waals surface area contributed by atoms with E-state index in [9.17, 15) is 10.1 Å². The van der Waals surface area contributed by atoms with Crippen molar-refractivity contribution in [1.29, 1.82) is 0 Å². The van der Waals surface area contributed by atoms with Gasteiger partial charge in [-0.25, -0.2) is 0 Å². The maximum absolute atomic E-state index is 11.1. The molecule has 0 bridgehead atoms. The summed E-state index contributed by atoms with van der Waals surface area (Å²) in [6.07, 6.45) is 4.10. The van der Waals surface area contributed by atoms with Crippen LogP contribution in [0.1, 0.15) is 31.2 Å². The van der Waals surface area contributed by atoms with Gasteiger partial charge in [0.25, 0.3) is 5.69 Å². The molecule has 0 radical (unpaired) electrons. The van der Waals surface area contributed by atoms with Crippen LogP contribution in [-0.2, 0) is 6.54 Å². The Kier molecular flexibility index (Phi) is 5.34. The molecule has 1 aromatic carbocycles. The lowest BCUT2D eigenvalue weighted by Gasteiger charge is -2.37. The molecule has 0 amide bonds. The minimum atomic E-state index is -0.383. The molecular weight excluding hydrogens is 280 g/mol. The van der Waals surface area contributed by atoms with Gasteiger partial charge in [0.05, 0.1) is 15.5 Å². The highest BCUT2D eigenvalue weighted by atomic mass is 35.5. The van der Waals surface area contributed by atoms with Crippen LogP contribution in [0.4, 0.5) is 5.69 Å².